The molecule has 4 aromatic rings. The molecule has 2 aromatic carbocycles. The zero-order valence-corrected chi connectivity index (χ0v) is 15.3. The molecule has 0 saturated carbocycles. The molecule has 0 spiro atoms. The molecule has 138 valence electrons. The second-order valence-corrected chi connectivity index (χ2v) is 7.59. The van der Waals surface area contributed by atoms with Gasteiger partial charge in [-0.2, -0.15) is 9.50 Å². The van der Waals surface area contributed by atoms with Crippen LogP contribution in [0.4, 0.5) is 0 Å². The van der Waals surface area contributed by atoms with Crippen LogP contribution in [0.15, 0.2) is 64.5 Å². The third-order valence-corrected chi connectivity index (χ3v) is 5.69. The van der Waals surface area contributed by atoms with E-state index in [1.807, 2.05) is 18.2 Å². The first-order chi connectivity index (χ1) is 13.1. The van der Waals surface area contributed by atoms with Crippen molar-refractivity contribution < 1.29 is 17.9 Å². The summed E-state index contributed by atoms with van der Waals surface area (Å²) in [5, 5.41) is 8.43. The summed E-state index contributed by atoms with van der Waals surface area (Å²) >= 11 is 0. The van der Waals surface area contributed by atoms with Crippen molar-refractivity contribution in [1.82, 2.24) is 19.8 Å². The second-order valence-electron chi connectivity index (χ2n) is 5.72. The van der Waals surface area contributed by atoms with Gasteiger partial charge in [0.15, 0.2) is 5.65 Å². The lowest BCUT2D eigenvalue weighted by Gasteiger charge is -2.09. The highest BCUT2D eigenvalue weighted by atomic mass is 32.2. The van der Waals surface area contributed by atoms with Crippen LogP contribution in [0.3, 0.4) is 0 Å². The van der Waals surface area contributed by atoms with Crippen LogP contribution in [-0.2, 0) is 14.6 Å². The minimum absolute atomic E-state index is 0.116. The van der Waals surface area contributed by atoms with Crippen molar-refractivity contribution in [2.45, 2.75) is 9.92 Å². The van der Waals surface area contributed by atoms with Gasteiger partial charge in [0.25, 0.3) is 0 Å². The van der Waals surface area contributed by atoms with Gasteiger partial charge in [0, 0.05) is 7.11 Å². The molecular weight excluding hydrogens is 368 g/mol. The lowest BCUT2D eigenvalue weighted by molar-refractivity contribution is 0.145. The number of rotatable bonds is 6. The van der Waals surface area contributed by atoms with Crippen molar-refractivity contribution in [1.29, 1.82) is 0 Å². The highest BCUT2D eigenvalue weighted by molar-refractivity contribution is 7.91. The van der Waals surface area contributed by atoms with Gasteiger partial charge in [-0.25, -0.2) is 8.42 Å². The second kappa shape index (κ2) is 6.93. The molecule has 2 heterocycles. The quantitative estimate of drug-likeness (QED) is 0.470. The first-order valence-corrected chi connectivity index (χ1v) is 9.67. The normalized spacial score (nSPS) is 11.9. The number of methoxy groups -OCH3 is 1. The molecule has 0 aliphatic carbocycles. The highest BCUT2D eigenvalue weighted by Gasteiger charge is 2.27. The van der Waals surface area contributed by atoms with E-state index in [1.54, 1.807) is 31.4 Å². The van der Waals surface area contributed by atoms with Crippen molar-refractivity contribution in [2.75, 3.05) is 20.3 Å². The van der Waals surface area contributed by atoms with Gasteiger partial charge in [-0.05, 0) is 24.3 Å². The lowest BCUT2D eigenvalue weighted by atomic mass is 10.2. The number of hydrogen-bond donors (Lipinski definition) is 0. The Balaban J connectivity index is 1.94. The van der Waals surface area contributed by atoms with E-state index < -0.39 is 9.84 Å². The maximum absolute atomic E-state index is 13.0. The zero-order chi connectivity index (χ0) is 18.9. The minimum Gasteiger partial charge on any atom is -0.475 e. The van der Waals surface area contributed by atoms with Crippen molar-refractivity contribution >= 4 is 26.4 Å². The Morgan fingerprint density at radius 1 is 1.00 bits per heavy atom. The number of ether oxygens (including phenoxy) is 2. The van der Waals surface area contributed by atoms with Crippen LogP contribution in [0, 0.1) is 0 Å². The molecule has 0 unspecified atom stereocenters. The Labute approximate surface area is 155 Å². The average Bonchev–Trinajstić information content (AvgIpc) is 3.14. The summed E-state index contributed by atoms with van der Waals surface area (Å²) in [6.07, 6.45) is 0. The summed E-state index contributed by atoms with van der Waals surface area (Å²) in [5.74, 6) is 0.307. The van der Waals surface area contributed by atoms with E-state index in [9.17, 15) is 8.42 Å². The molecule has 0 radical (unpaired) electrons. The molecule has 0 amide bonds. The predicted octanol–water partition coefficient (Wildman–Crippen LogP) is 2.14. The number of sulfone groups is 1. The number of aromatic nitrogens is 4. The highest BCUT2D eigenvalue weighted by Crippen LogP contribution is 2.28. The van der Waals surface area contributed by atoms with Gasteiger partial charge in [0.1, 0.15) is 6.61 Å². The molecule has 0 N–H and O–H groups in total. The van der Waals surface area contributed by atoms with Crippen molar-refractivity contribution in [2.24, 2.45) is 0 Å². The van der Waals surface area contributed by atoms with Crippen LogP contribution in [0.25, 0.3) is 16.6 Å². The summed E-state index contributed by atoms with van der Waals surface area (Å²) in [6.45, 7) is 0.667. The summed E-state index contributed by atoms with van der Waals surface area (Å²) in [6, 6.07) is 15.4. The van der Waals surface area contributed by atoms with Gasteiger partial charge in [-0.1, -0.05) is 35.5 Å². The van der Waals surface area contributed by atoms with Crippen LogP contribution >= 0.6 is 0 Å². The van der Waals surface area contributed by atoms with Crippen molar-refractivity contribution in [3.8, 4) is 5.88 Å². The van der Waals surface area contributed by atoms with Crippen molar-refractivity contribution in [3.63, 3.8) is 0 Å². The monoisotopic (exact) mass is 384 g/mol. The van der Waals surface area contributed by atoms with E-state index in [2.05, 4.69) is 15.3 Å². The molecule has 0 atom stereocenters. The number of fused-ring (bicyclic) bond motifs is 3. The molecule has 27 heavy (non-hydrogen) atoms. The van der Waals surface area contributed by atoms with Gasteiger partial charge < -0.3 is 9.47 Å². The van der Waals surface area contributed by atoms with E-state index in [1.165, 1.54) is 16.6 Å². The van der Waals surface area contributed by atoms with Crippen LogP contribution in [-0.4, -0.2) is 48.6 Å². The first-order valence-electron chi connectivity index (χ1n) is 8.19. The van der Waals surface area contributed by atoms with Crippen LogP contribution in [0.2, 0.25) is 0 Å². The lowest BCUT2D eigenvalue weighted by Crippen LogP contribution is -2.08. The molecule has 0 aliphatic heterocycles. The number of hydrogen-bond acceptors (Lipinski definition) is 7. The molecule has 0 saturated heterocycles. The summed E-state index contributed by atoms with van der Waals surface area (Å²) in [5.41, 5.74) is 0.766. The van der Waals surface area contributed by atoms with E-state index in [0.29, 0.717) is 23.4 Å². The third kappa shape index (κ3) is 3.00. The topological polar surface area (TPSA) is 95.7 Å². The Kier molecular flexibility index (Phi) is 4.46. The van der Waals surface area contributed by atoms with E-state index in [-0.39, 0.29) is 22.2 Å². The number of para-hydroxylation sites is 1. The Hall–Kier alpha value is -3.04. The summed E-state index contributed by atoms with van der Waals surface area (Å²) in [7, 11) is -2.30. The molecule has 0 aliphatic rings. The molecule has 8 nitrogen and oxygen atoms in total. The zero-order valence-electron chi connectivity index (χ0n) is 14.4. The smallest absolute Gasteiger partial charge is 0.229 e. The number of nitrogens with zero attached hydrogens (tertiary/aromatic N) is 4. The third-order valence-electron chi connectivity index (χ3n) is 4.02. The SMILES string of the molecule is COCCOc1nc2c(S(=O)(=O)c3ccccc3)nnn2c2ccccc12. The van der Waals surface area contributed by atoms with Crippen molar-refractivity contribution in [3.05, 3.63) is 54.6 Å². The van der Waals surface area contributed by atoms with Gasteiger partial charge in [0.05, 0.1) is 22.4 Å². The van der Waals surface area contributed by atoms with Crippen LogP contribution in [0.5, 0.6) is 5.88 Å². The van der Waals surface area contributed by atoms with Crippen LogP contribution < -0.4 is 4.74 Å². The standard InChI is InChI=1S/C18H16N4O4S/c1-25-11-12-26-17-14-9-5-6-10-15(14)22-16(19-17)18(20-21-22)27(23,24)13-7-3-2-4-8-13/h2-10H,11-12H2,1H3. The minimum atomic E-state index is -3.87. The maximum Gasteiger partial charge on any atom is 0.229 e. The van der Waals surface area contributed by atoms with E-state index in [4.69, 9.17) is 9.47 Å². The fraction of sp³-hybridized carbons (Fsp3) is 0.167. The molecule has 4 rings (SSSR count). The Bertz CT molecular complexity index is 1210. The summed E-state index contributed by atoms with van der Waals surface area (Å²) < 4.78 is 38.1. The fourth-order valence-corrected chi connectivity index (χ4v) is 3.99. The Morgan fingerprint density at radius 2 is 1.74 bits per heavy atom. The predicted molar refractivity (Wildman–Crippen MR) is 97.6 cm³/mol. The molecule has 0 bridgehead atoms. The van der Waals surface area contributed by atoms with Crippen LogP contribution in [0.1, 0.15) is 0 Å². The first kappa shape index (κ1) is 17.4. The van der Waals surface area contributed by atoms with Gasteiger partial charge in [-0.15, -0.1) is 5.10 Å². The largest absolute Gasteiger partial charge is 0.475 e. The van der Waals surface area contributed by atoms with Gasteiger partial charge in [0.2, 0.25) is 20.7 Å². The number of benzene rings is 2. The Morgan fingerprint density at radius 3 is 2.52 bits per heavy atom. The van der Waals surface area contributed by atoms with Gasteiger partial charge in [-0.3, -0.25) is 0 Å². The maximum atomic E-state index is 13.0. The molecule has 0 fully saturated rings. The van der Waals surface area contributed by atoms with E-state index in [0.717, 1.165) is 0 Å². The molecule has 2 aromatic heterocycles. The summed E-state index contributed by atoms with van der Waals surface area (Å²) in [4.78, 5) is 4.54. The molecule has 9 heteroatoms. The molecular formula is C18H16N4O4S. The van der Waals surface area contributed by atoms with E-state index >= 15 is 0 Å². The average molecular weight is 384 g/mol. The van der Waals surface area contributed by atoms with Gasteiger partial charge >= 0.3 is 0 Å². The fourth-order valence-electron chi connectivity index (χ4n) is 2.73.